The second-order valence-corrected chi connectivity index (χ2v) is 5.84. The smallest absolute Gasteiger partial charge is 0.260 e. The fourth-order valence-corrected chi connectivity index (χ4v) is 2.58. The lowest BCUT2D eigenvalue weighted by Gasteiger charge is -2.34. The van der Waals surface area contributed by atoms with Crippen LogP contribution in [0.25, 0.3) is 0 Å². The molecule has 7 heteroatoms. The zero-order valence-corrected chi connectivity index (χ0v) is 13.6. The molecule has 1 heterocycles. The number of carbonyl (C=O) groups excluding carboxylic acids is 2. The minimum atomic E-state index is -0.802. The number of rotatable bonds is 6. The average Bonchev–Trinajstić information content (AvgIpc) is 2.60. The summed E-state index contributed by atoms with van der Waals surface area (Å²) in [4.78, 5) is 24.0. The monoisotopic (exact) mass is 331 g/mol. The van der Waals surface area contributed by atoms with Gasteiger partial charge in [-0.1, -0.05) is 12.1 Å². The summed E-state index contributed by atoms with van der Waals surface area (Å²) in [5.41, 5.74) is 5.09. The molecule has 1 saturated heterocycles. The van der Waals surface area contributed by atoms with Crippen LogP contribution in [0, 0.1) is 16.7 Å². The Morgan fingerprint density at radius 3 is 2.71 bits per heavy atom. The van der Waals surface area contributed by atoms with E-state index in [4.69, 9.17) is 20.5 Å². The van der Waals surface area contributed by atoms with E-state index in [1.54, 1.807) is 31.2 Å². The topological polar surface area (TPSA) is 114 Å². The first-order chi connectivity index (χ1) is 11.5. The number of benzene rings is 1. The maximum absolute atomic E-state index is 12.3. The lowest BCUT2D eigenvalue weighted by atomic mass is 9.79. The minimum Gasteiger partial charge on any atom is -0.480 e. The molecule has 24 heavy (non-hydrogen) atoms. The van der Waals surface area contributed by atoms with Gasteiger partial charge in [0.2, 0.25) is 5.91 Å². The van der Waals surface area contributed by atoms with E-state index in [1.807, 2.05) is 6.07 Å². The van der Waals surface area contributed by atoms with Gasteiger partial charge in [0.25, 0.3) is 5.91 Å². The summed E-state index contributed by atoms with van der Waals surface area (Å²) in [6.45, 7) is 2.63. The van der Waals surface area contributed by atoms with Crippen LogP contribution in [0.15, 0.2) is 24.3 Å². The summed E-state index contributed by atoms with van der Waals surface area (Å²) in [6, 6.07) is 8.71. The Balaban J connectivity index is 1.96. The third-order valence-electron chi connectivity index (χ3n) is 4.25. The molecular formula is C17H21N3O4. The first-order valence-electron chi connectivity index (χ1n) is 7.80. The highest BCUT2D eigenvalue weighted by atomic mass is 16.5. The standard InChI is InChI=1S/C17H21N3O4/c1-12(24-14-5-3-2-4-13(14)10-18)15(21)20-11-17(16(19)22)6-8-23-9-7-17/h2-5,12H,6-9,11H2,1H3,(H2,19,22)(H,20,21). The Labute approximate surface area is 140 Å². The molecule has 1 aromatic rings. The van der Waals surface area contributed by atoms with Gasteiger partial charge in [0.1, 0.15) is 11.8 Å². The van der Waals surface area contributed by atoms with Gasteiger partial charge in [-0.05, 0) is 31.9 Å². The Hall–Kier alpha value is -2.59. The number of carbonyl (C=O) groups is 2. The molecule has 0 saturated carbocycles. The molecule has 0 bridgehead atoms. The summed E-state index contributed by atoms with van der Waals surface area (Å²) in [5.74, 6) is -0.456. The number of nitriles is 1. The van der Waals surface area contributed by atoms with E-state index in [0.29, 0.717) is 37.4 Å². The lowest BCUT2D eigenvalue weighted by molar-refractivity contribution is -0.135. The van der Waals surface area contributed by atoms with E-state index in [9.17, 15) is 9.59 Å². The first-order valence-corrected chi connectivity index (χ1v) is 7.80. The zero-order chi connectivity index (χ0) is 17.6. The van der Waals surface area contributed by atoms with Gasteiger partial charge in [0, 0.05) is 19.8 Å². The van der Waals surface area contributed by atoms with Gasteiger partial charge in [-0.25, -0.2) is 0 Å². The first kappa shape index (κ1) is 17.8. The Bertz CT molecular complexity index is 647. The largest absolute Gasteiger partial charge is 0.480 e. The van der Waals surface area contributed by atoms with E-state index in [1.165, 1.54) is 0 Å². The number of nitrogens with one attached hydrogen (secondary N) is 1. The van der Waals surface area contributed by atoms with Crippen molar-refractivity contribution in [2.75, 3.05) is 19.8 Å². The number of ether oxygens (including phenoxy) is 2. The van der Waals surface area contributed by atoms with E-state index in [0.717, 1.165) is 0 Å². The molecule has 2 amide bonds. The number of nitrogens with zero attached hydrogens (tertiary/aromatic N) is 1. The van der Waals surface area contributed by atoms with Crippen LogP contribution < -0.4 is 15.8 Å². The highest BCUT2D eigenvalue weighted by molar-refractivity contribution is 5.84. The molecule has 0 radical (unpaired) electrons. The summed E-state index contributed by atoms with van der Waals surface area (Å²) < 4.78 is 10.8. The molecule has 2 rings (SSSR count). The van der Waals surface area contributed by atoms with Crippen LogP contribution in [0.2, 0.25) is 0 Å². The molecule has 1 unspecified atom stereocenters. The van der Waals surface area contributed by atoms with E-state index < -0.39 is 17.4 Å². The van der Waals surface area contributed by atoms with E-state index in [-0.39, 0.29) is 12.5 Å². The van der Waals surface area contributed by atoms with E-state index >= 15 is 0 Å². The van der Waals surface area contributed by atoms with Crippen molar-refractivity contribution >= 4 is 11.8 Å². The van der Waals surface area contributed by atoms with Gasteiger partial charge in [0.15, 0.2) is 6.10 Å². The Morgan fingerprint density at radius 2 is 2.08 bits per heavy atom. The van der Waals surface area contributed by atoms with Crippen LogP contribution >= 0.6 is 0 Å². The van der Waals surface area contributed by atoms with Crippen LogP contribution in [0.1, 0.15) is 25.3 Å². The number of amides is 2. The van der Waals surface area contributed by atoms with Crippen LogP contribution in [0.4, 0.5) is 0 Å². The fraction of sp³-hybridized carbons (Fsp3) is 0.471. The van der Waals surface area contributed by atoms with Crippen molar-refractivity contribution in [2.45, 2.75) is 25.9 Å². The normalized spacial score (nSPS) is 17.3. The zero-order valence-electron chi connectivity index (χ0n) is 13.6. The molecule has 1 fully saturated rings. The van der Waals surface area contributed by atoms with Crippen LogP contribution in [0.3, 0.4) is 0 Å². The van der Waals surface area contributed by atoms with Crippen molar-refractivity contribution in [3.05, 3.63) is 29.8 Å². The van der Waals surface area contributed by atoms with Crippen molar-refractivity contribution in [3.63, 3.8) is 0 Å². The van der Waals surface area contributed by atoms with Crippen molar-refractivity contribution in [3.8, 4) is 11.8 Å². The highest BCUT2D eigenvalue weighted by Crippen LogP contribution is 2.29. The molecule has 7 nitrogen and oxygen atoms in total. The minimum absolute atomic E-state index is 0.151. The van der Waals surface area contributed by atoms with Gasteiger partial charge in [-0.15, -0.1) is 0 Å². The summed E-state index contributed by atoms with van der Waals surface area (Å²) >= 11 is 0. The molecule has 128 valence electrons. The van der Waals surface area contributed by atoms with Gasteiger partial charge >= 0.3 is 0 Å². The molecule has 1 aromatic carbocycles. The maximum atomic E-state index is 12.3. The van der Waals surface area contributed by atoms with Crippen LogP contribution in [-0.4, -0.2) is 37.7 Å². The predicted octanol–water partition coefficient (Wildman–Crippen LogP) is 0.724. The molecular weight excluding hydrogens is 310 g/mol. The van der Waals surface area contributed by atoms with Crippen molar-refractivity contribution in [1.29, 1.82) is 5.26 Å². The van der Waals surface area contributed by atoms with Crippen LogP contribution in [-0.2, 0) is 14.3 Å². The van der Waals surface area contributed by atoms with Crippen molar-refractivity contribution < 1.29 is 19.1 Å². The molecule has 3 N–H and O–H groups in total. The molecule has 0 aliphatic carbocycles. The third-order valence-corrected chi connectivity index (χ3v) is 4.25. The summed E-state index contributed by atoms with van der Waals surface area (Å²) in [5, 5.41) is 11.8. The van der Waals surface area contributed by atoms with Crippen molar-refractivity contribution in [1.82, 2.24) is 5.32 Å². The van der Waals surface area contributed by atoms with Gasteiger partial charge < -0.3 is 20.5 Å². The van der Waals surface area contributed by atoms with Crippen LogP contribution in [0.5, 0.6) is 5.75 Å². The van der Waals surface area contributed by atoms with Gasteiger partial charge in [-0.2, -0.15) is 5.26 Å². The van der Waals surface area contributed by atoms with E-state index in [2.05, 4.69) is 5.32 Å². The second-order valence-electron chi connectivity index (χ2n) is 5.84. The fourth-order valence-electron chi connectivity index (χ4n) is 2.58. The number of hydrogen-bond acceptors (Lipinski definition) is 5. The number of hydrogen-bond donors (Lipinski definition) is 2. The molecule has 0 aromatic heterocycles. The number of para-hydroxylation sites is 1. The predicted molar refractivity (Wildman–Crippen MR) is 85.9 cm³/mol. The van der Waals surface area contributed by atoms with Crippen molar-refractivity contribution in [2.24, 2.45) is 11.1 Å². The lowest BCUT2D eigenvalue weighted by Crippen LogP contribution is -2.51. The number of primary amides is 1. The second kappa shape index (κ2) is 7.79. The number of nitrogens with two attached hydrogens (primary N) is 1. The SMILES string of the molecule is CC(Oc1ccccc1C#N)C(=O)NCC1(C(N)=O)CCOCC1. The van der Waals surface area contributed by atoms with Gasteiger partial charge in [0.05, 0.1) is 11.0 Å². The molecule has 1 aliphatic heterocycles. The Kier molecular flexibility index (Phi) is 5.77. The quantitative estimate of drug-likeness (QED) is 0.797. The molecule has 1 atom stereocenters. The summed E-state index contributed by atoms with van der Waals surface area (Å²) in [7, 11) is 0. The Morgan fingerprint density at radius 1 is 1.42 bits per heavy atom. The highest BCUT2D eigenvalue weighted by Gasteiger charge is 2.39. The van der Waals surface area contributed by atoms with Gasteiger partial charge in [-0.3, -0.25) is 9.59 Å². The molecule has 0 spiro atoms. The molecule has 1 aliphatic rings. The average molecular weight is 331 g/mol. The third kappa shape index (κ3) is 4.03. The maximum Gasteiger partial charge on any atom is 0.260 e. The summed E-state index contributed by atoms with van der Waals surface area (Å²) in [6.07, 6.45) is 0.161.